The summed E-state index contributed by atoms with van der Waals surface area (Å²) in [6.07, 6.45) is 1.01. The molecule has 2 unspecified atom stereocenters. The molecule has 0 fully saturated rings. The number of methoxy groups -OCH3 is 1. The average Bonchev–Trinajstić information content (AvgIpc) is 2.91. The van der Waals surface area contributed by atoms with E-state index in [4.69, 9.17) is 9.47 Å². The molecule has 0 bridgehead atoms. The molecule has 2 nitrogen and oxygen atoms in total. The predicted octanol–water partition coefficient (Wildman–Crippen LogP) is 6.67. The quantitative estimate of drug-likeness (QED) is 0.174. The summed E-state index contributed by atoms with van der Waals surface area (Å²) < 4.78 is 11.3. The molecule has 0 spiro atoms. The molecule has 0 aliphatic carbocycles. The highest BCUT2D eigenvalue weighted by Gasteiger charge is 2.32. The zero-order valence-corrected chi connectivity index (χ0v) is 23.8. The van der Waals surface area contributed by atoms with E-state index in [0.29, 0.717) is 8.58 Å². The van der Waals surface area contributed by atoms with Gasteiger partial charge < -0.3 is 9.47 Å². The molecule has 0 N–H and O–H groups in total. The van der Waals surface area contributed by atoms with Crippen LogP contribution in [0.15, 0.2) is 97.1 Å². The van der Waals surface area contributed by atoms with Crippen molar-refractivity contribution in [1.29, 1.82) is 0 Å². The minimum atomic E-state index is -0.677. The first kappa shape index (κ1) is 26.6. The van der Waals surface area contributed by atoms with E-state index in [-0.39, 0.29) is 11.9 Å². The van der Waals surface area contributed by atoms with Crippen LogP contribution in [0.3, 0.4) is 0 Å². The van der Waals surface area contributed by atoms with E-state index in [2.05, 4.69) is 125 Å². The van der Waals surface area contributed by atoms with Gasteiger partial charge in [0, 0.05) is 17.8 Å². The molecule has 0 amide bonds. The van der Waals surface area contributed by atoms with Crippen molar-refractivity contribution in [2.24, 2.45) is 0 Å². The van der Waals surface area contributed by atoms with Crippen molar-refractivity contribution in [3.8, 4) is 5.75 Å². The van der Waals surface area contributed by atoms with Gasteiger partial charge in [0.2, 0.25) is 0 Å². The maximum atomic E-state index is 6.06. The van der Waals surface area contributed by atoms with Gasteiger partial charge in [-0.25, -0.2) is 0 Å². The van der Waals surface area contributed by atoms with Crippen molar-refractivity contribution >= 4 is 37.7 Å². The van der Waals surface area contributed by atoms with Crippen molar-refractivity contribution < 1.29 is 9.47 Å². The molecule has 0 aliphatic rings. The number of benzene rings is 4. The number of ether oxygens (including phenoxy) is 2. The van der Waals surface area contributed by atoms with Gasteiger partial charge in [-0.15, -0.1) is 0 Å². The van der Waals surface area contributed by atoms with E-state index >= 15 is 0 Å². The van der Waals surface area contributed by atoms with Gasteiger partial charge in [-0.3, -0.25) is 0 Å². The summed E-state index contributed by atoms with van der Waals surface area (Å²) in [6.45, 7) is 9.37. The zero-order chi connectivity index (χ0) is 25.5. The van der Waals surface area contributed by atoms with Crippen LogP contribution in [0.5, 0.6) is 5.75 Å². The maximum Gasteiger partial charge on any atom is 0.188 e. The third-order valence-corrected chi connectivity index (χ3v) is 11.5. The average molecular weight is 515 g/mol. The Kier molecular flexibility index (Phi) is 8.97. The standard InChI is InChI=1S/C32H36O2P2/c1-6-32(4,28-22-24(2)20-21-29(28)34-23-33-5)35-31-25(3)14-13-19-30(31)36(26-15-9-7-10-16-26)27-17-11-8-12-18-27/h7-22,35H,6,23H2,1-5H3. The molecule has 4 aromatic carbocycles. The topological polar surface area (TPSA) is 18.5 Å². The van der Waals surface area contributed by atoms with Gasteiger partial charge in [0.25, 0.3) is 0 Å². The summed E-state index contributed by atoms with van der Waals surface area (Å²) in [4.78, 5) is 0. The zero-order valence-electron chi connectivity index (χ0n) is 21.9. The fourth-order valence-corrected chi connectivity index (χ4v) is 9.01. The Hall–Kier alpha value is -2.50. The Morgan fingerprint density at radius 1 is 0.806 bits per heavy atom. The first-order chi connectivity index (χ1) is 17.5. The van der Waals surface area contributed by atoms with E-state index in [1.54, 1.807) is 7.11 Å². The lowest BCUT2D eigenvalue weighted by Crippen LogP contribution is -2.33. The smallest absolute Gasteiger partial charge is 0.188 e. The fraction of sp³-hybridized carbons (Fsp3) is 0.250. The second kappa shape index (κ2) is 12.2. The normalized spacial score (nSPS) is 13.3. The van der Waals surface area contributed by atoms with Crippen LogP contribution in [0, 0.1) is 13.8 Å². The van der Waals surface area contributed by atoms with Gasteiger partial charge in [0.05, 0.1) is 0 Å². The highest BCUT2D eigenvalue weighted by molar-refractivity contribution is 7.81. The van der Waals surface area contributed by atoms with Gasteiger partial charge in [0.15, 0.2) is 6.79 Å². The Labute approximate surface area is 219 Å². The second-order valence-corrected chi connectivity index (χ2v) is 13.4. The molecule has 186 valence electrons. The highest BCUT2D eigenvalue weighted by atomic mass is 31.1. The van der Waals surface area contributed by atoms with Gasteiger partial charge in [-0.1, -0.05) is 119 Å². The Balaban J connectivity index is 1.86. The van der Waals surface area contributed by atoms with Crippen LogP contribution >= 0.6 is 16.5 Å². The van der Waals surface area contributed by atoms with E-state index < -0.39 is 7.92 Å². The van der Waals surface area contributed by atoms with Crippen molar-refractivity contribution in [2.45, 2.75) is 39.3 Å². The second-order valence-electron chi connectivity index (χ2n) is 9.34. The number of hydrogen-bond donors (Lipinski definition) is 0. The minimum absolute atomic E-state index is 0.0651. The predicted molar refractivity (Wildman–Crippen MR) is 159 cm³/mol. The monoisotopic (exact) mass is 514 g/mol. The summed E-state index contributed by atoms with van der Waals surface area (Å²) >= 11 is 0. The number of aryl methyl sites for hydroxylation is 2. The molecule has 0 saturated heterocycles. The molecule has 4 aromatic rings. The summed E-state index contributed by atoms with van der Waals surface area (Å²) in [6, 6.07) is 35.4. The molecule has 0 aliphatic heterocycles. The molecule has 0 saturated carbocycles. The third kappa shape index (κ3) is 5.90. The van der Waals surface area contributed by atoms with Crippen LogP contribution in [0.4, 0.5) is 0 Å². The van der Waals surface area contributed by atoms with Gasteiger partial charge in [-0.05, 0) is 61.0 Å². The maximum absolute atomic E-state index is 6.06. The molecule has 0 aromatic heterocycles. The molecule has 4 heteroatoms. The van der Waals surface area contributed by atoms with Crippen LogP contribution in [0.1, 0.15) is 37.0 Å². The van der Waals surface area contributed by atoms with Crippen LogP contribution in [0.2, 0.25) is 0 Å². The van der Waals surface area contributed by atoms with E-state index in [1.807, 2.05) is 0 Å². The van der Waals surface area contributed by atoms with Crippen LogP contribution in [0.25, 0.3) is 0 Å². The Morgan fingerprint density at radius 3 is 2.03 bits per heavy atom. The van der Waals surface area contributed by atoms with Crippen LogP contribution in [-0.4, -0.2) is 13.9 Å². The van der Waals surface area contributed by atoms with Crippen molar-refractivity contribution in [2.75, 3.05) is 13.9 Å². The van der Waals surface area contributed by atoms with Crippen LogP contribution in [-0.2, 0) is 9.89 Å². The lowest BCUT2D eigenvalue weighted by atomic mass is 9.95. The lowest BCUT2D eigenvalue weighted by molar-refractivity contribution is 0.0500. The van der Waals surface area contributed by atoms with Crippen molar-refractivity contribution in [1.82, 2.24) is 0 Å². The van der Waals surface area contributed by atoms with Crippen molar-refractivity contribution in [3.63, 3.8) is 0 Å². The number of rotatable bonds is 10. The van der Waals surface area contributed by atoms with E-state index in [0.717, 1.165) is 12.2 Å². The summed E-state index contributed by atoms with van der Waals surface area (Å²) in [7, 11) is 1.59. The van der Waals surface area contributed by atoms with E-state index in [9.17, 15) is 0 Å². The molecule has 2 atom stereocenters. The van der Waals surface area contributed by atoms with Crippen LogP contribution < -0.4 is 26.0 Å². The SMILES string of the molecule is CCC(C)(Pc1c(C)cccc1P(c1ccccc1)c1ccccc1)c1cc(C)ccc1OCOC. The van der Waals surface area contributed by atoms with E-state index in [1.165, 1.54) is 37.9 Å². The minimum Gasteiger partial charge on any atom is -0.467 e. The Morgan fingerprint density at radius 2 is 1.44 bits per heavy atom. The van der Waals surface area contributed by atoms with Crippen molar-refractivity contribution in [3.05, 3.63) is 114 Å². The van der Waals surface area contributed by atoms with Gasteiger partial charge in [-0.2, -0.15) is 0 Å². The molecule has 0 heterocycles. The lowest BCUT2D eigenvalue weighted by Gasteiger charge is -2.34. The summed E-state index contributed by atoms with van der Waals surface area (Å²) in [5.74, 6) is 0.919. The number of hydrogen-bond acceptors (Lipinski definition) is 2. The molecule has 0 radical (unpaired) electrons. The molecular weight excluding hydrogens is 478 g/mol. The van der Waals surface area contributed by atoms with Gasteiger partial charge >= 0.3 is 0 Å². The largest absolute Gasteiger partial charge is 0.467 e. The molecule has 4 rings (SSSR count). The molecular formula is C32H36O2P2. The Bertz CT molecular complexity index is 1230. The summed E-state index contributed by atoms with van der Waals surface area (Å²) in [5.41, 5.74) is 3.87. The van der Waals surface area contributed by atoms with Gasteiger partial charge in [0.1, 0.15) is 5.75 Å². The summed E-state index contributed by atoms with van der Waals surface area (Å²) in [5, 5.41) is 5.62. The third-order valence-electron chi connectivity index (χ3n) is 6.69. The fourth-order valence-electron chi connectivity index (χ4n) is 4.53. The first-order valence-corrected chi connectivity index (χ1v) is 14.8. The highest BCUT2D eigenvalue weighted by Crippen LogP contribution is 2.49. The first-order valence-electron chi connectivity index (χ1n) is 12.5. The molecule has 36 heavy (non-hydrogen) atoms.